The van der Waals surface area contributed by atoms with E-state index in [4.69, 9.17) is 9.47 Å². The Hall–Kier alpha value is -2.13. The van der Waals surface area contributed by atoms with Crippen LogP contribution in [0.1, 0.15) is 68.6 Å². The van der Waals surface area contributed by atoms with Crippen LogP contribution in [0.15, 0.2) is 23.1 Å². The van der Waals surface area contributed by atoms with Crippen molar-refractivity contribution in [3.63, 3.8) is 0 Å². The second-order valence-corrected chi connectivity index (χ2v) is 10.3. The monoisotopic (exact) mass is 452 g/mol. The molecule has 0 radical (unpaired) electrons. The van der Waals surface area contributed by atoms with E-state index in [1.807, 2.05) is 6.92 Å². The first-order chi connectivity index (χ1) is 14.7. The van der Waals surface area contributed by atoms with Crippen molar-refractivity contribution < 1.29 is 27.5 Å². The van der Waals surface area contributed by atoms with Crippen LogP contribution < -0.4 is 10.1 Å². The number of esters is 1. The predicted octanol–water partition coefficient (Wildman–Crippen LogP) is 2.86. The average Bonchev–Trinajstić information content (AvgIpc) is 2.78. The second kappa shape index (κ2) is 9.56. The standard InChI is InChI=1S/C22H32N2O6S/c1-16-9-5-8-14-24(16)31(27,28)19-15-17(10-11-18(19)29-2)20(25)23-22(21(26)30-3)12-6-4-7-13-22/h10-11,15-16H,4-9,12-14H2,1-3H3,(H,23,25)/t16-/m1/s1. The first-order valence-electron chi connectivity index (χ1n) is 10.9. The van der Waals surface area contributed by atoms with Crippen molar-refractivity contribution in [2.24, 2.45) is 0 Å². The lowest BCUT2D eigenvalue weighted by Gasteiger charge is -2.35. The van der Waals surface area contributed by atoms with Gasteiger partial charge in [0.05, 0.1) is 14.2 Å². The lowest BCUT2D eigenvalue weighted by Crippen LogP contribution is -2.56. The van der Waals surface area contributed by atoms with Gasteiger partial charge in [-0.1, -0.05) is 25.7 Å². The molecule has 1 aliphatic heterocycles. The minimum atomic E-state index is -3.84. The number of carbonyl (C=O) groups is 2. The fourth-order valence-corrected chi connectivity index (χ4v) is 6.48. The van der Waals surface area contributed by atoms with Crippen molar-refractivity contribution in [1.82, 2.24) is 9.62 Å². The van der Waals surface area contributed by atoms with E-state index >= 15 is 0 Å². The topological polar surface area (TPSA) is 102 Å². The Kier molecular flexibility index (Phi) is 7.26. The molecule has 1 heterocycles. The summed E-state index contributed by atoms with van der Waals surface area (Å²) in [6.45, 7) is 2.33. The van der Waals surface area contributed by atoms with E-state index in [-0.39, 0.29) is 22.3 Å². The molecule has 0 bridgehead atoms. The number of rotatable bonds is 6. The Balaban J connectivity index is 1.94. The minimum absolute atomic E-state index is 0.0350. The Morgan fingerprint density at radius 3 is 2.42 bits per heavy atom. The van der Waals surface area contributed by atoms with Crippen LogP contribution in [0.4, 0.5) is 0 Å². The van der Waals surface area contributed by atoms with Gasteiger partial charge in [0.1, 0.15) is 16.2 Å². The highest BCUT2D eigenvalue weighted by molar-refractivity contribution is 7.89. The zero-order valence-electron chi connectivity index (χ0n) is 18.5. The average molecular weight is 453 g/mol. The Morgan fingerprint density at radius 1 is 1.10 bits per heavy atom. The van der Waals surface area contributed by atoms with Gasteiger partial charge in [-0.15, -0.1) is 0 Å². The normalized spacial score (nSPS) is 21.8. The summed E-state index contributed by atoms with van der Waals surface area (Å²) in [6, 6.07) is 4.23. The van der Waals surface area contributed by atoms with Crippen molar-refractivity contribution in [1.29, 1.82) is 0 Å². The zero-order valence-corrected chi connectivity index (χ0v) is 19.3. The van der Waals surface area contributed by atoms with Gasteiger partial charge in [0.15, 0.2) is 0 Å². The van der Waals surface area contributed by atoms with Crippen molar-refractivity contribution in [3.8, 4) is 5.75 Å². The number of amides is 1. The van der Waals surface area contributed by atoms with Gasteiger partial charge in [0.25, 0.3) is 5.91 Å². The molecular formula is C22H32N2O6S. The number of hydrogen-bond acceptors (Lipinski definition) is 6. The number of piperidine rings is 1. The molecule has 2 aliphatic rings. The molecule has 0 spiro atoms. The number of ether oxygens (including phenoxy) is 2. The number of hydrogen-bond donors (Lipinski definition) is 1. The van der Waals surface area contributed by atoms with Crippen LogP contribution in [-0.4, -0.2) is 56.9 Å². The van der Waals surface area contributed by atoms with E-state index in [1.54, 1.807) is 0 Å². The maximum atomic E-state index is 13.4. The molecule has 0 unspecified atom stereocenters. The third-order valence-electron chi connectivity index (χ3n) is 6.39. The third-order valence-corrected chi connectivity index (χ3v) is 8.43. The second-order valence-electron chi connectivity index (χ2n) is 8.41. The molecule has 1 N–H and O–H groups in total. The summed E-state index contributed by atoms with van der Waals surface area (Å²) in [5, 5.41) is 2.84. The van der Waals surface area contributed by atoms with Crippen LogP contribution in [-0.2, 0) is 19.6 Å². The Bertz CT molecular complexity index is 924. The fourth-order valence-electron chi connectivity index (χ4n) is 4.60. The van der Waals surface area contributed by atoms with E-state index in [9.17, 15) is 18.0 Å². The molecule has 1 saturated heterocycles. The molecule has 3 rings (SSSR count). The quantitative estimate of drug-likeness (QED) is 0.666. The molecule has 31 heavy (non-hydrogen) atoms. The van der Waals surface area contributed by atoms with Gasteiger partial charge < -0.3 is 14.8 Å². The largest absolute Gasteiger partial charge is 0.495 e. The molecule has 1 aliphatic carbocycles. The molecule has 8 nitrogen and oxygen atoms in total. The molecule has 1 saturated carbocycles. The van der Waals surface area contributed by atoms with Crippen molar-refractivity contribution >= 4 is 21.9 Å². The summed E-state index contributed by atoms with van der Waals surface area (Å²) in [5.41, 5.74) is -0.914. The highest BCUT2D eigenvalue weighted by Crippen LogP contribution is 2.33. The maximum absolute atomic E-state index is 13.4. The molecule has 1 atom stereocenters. The number of methoxy groups -OCH3 is 2. The fraction of sp³-hybridized carbons (Fsp3) is 0.636. The lowest BCUT2D eigenvalue weighted by atomic mass is 9.81. The molecule has 1 aromatic rings. The van der Waals surface area contributed by atoms with Gasteiger partial charge in [-0.2, -0.15) is 4.31 Å². The first-order valence-corrected chi connectivity index (χ1v) is 12.3. The SMILES string of the molecule is COC(=O)C1(NC(=O)c2ccc(OC)c(S(=O)(=O)N3CCCC[C@H]3C)c2)CCCCC1. The highest BCUT2D eigenvalue weighted by atomic mass is 32.2. The summed E-state index contributed by atoms with van der Waals surface area (Å²) in [7, 11) is -1.13. The van der Waals surface area contributed by atoms with E-state index in [0.717, 1.165) is 38.5 Å². The number of benzene rings is 1. The van der Waals surface area contributed by atoms with Gasteiger partial charge in [0.2, 0.25) is 10.0 Å². The number of sulfonamides is 1. The van der Waals surface area contributed by atoms with Crippen molar-refractivity contribution in [2.45, 2.75) is 74.8 Å². The number of carbonyl (C=O) groups excluding carboxylic acids is 2. The lowest BCUT2D eigenvalue weighted by molar-refractivity contribution is -0.149. The van der Waals surface area contributed by atoms with Crippen LogP contribution in [0.25, 0.3) is 0 Å². The van der Waals surface area contributed by atoms with Gasteiger partial charge in [-0.25, -0.2) is 13.2 Å². The molecule has 1 aromatic carbocycles. The summed E-state index contributed by atoms with van der Waals surface area (Å²) in [4.78, 5) is 25.5. The molecule has 2 fully saturated rings. The van der Waals surface area contributed by atoms with Gasteiger partial charge in [-0.05, 0) is 50.8 Å². The van der Waals surface area contributed by atoms with Crippen LogP contribution in [0.2, 0.25) is 0 Å². The van der Waals surface area contributed by atoms with Crippen molar-refractivity contribution in [3.05, 3.63) is 23.8 Å². The smallest absolute Gasteiger partial charge is 0.331 e. The van der Waals surface area contributed by atoms with E-state index in [1.165, 1.54) is 36.7 Å². The van der Waals surface area contributed by atoms with E-state index in [0.29, 0.717) is 19.4 Å². The summed E-state index contributed by atoms with van der Waals surface area (Å²) in [5.74, 6) is -0.781. The number of nitrogens with zero attached hydrogens (tertiary/aromatic N) is 1. The summed E-state index contributed by atoms with van der Waals surface area (Å²) < 4.78 is 38.5. The Morgan fingerprint density at radius 2 is 1.81 bits per heavy atom. The van der Waals surface area contributed by atoms with E-state index in [2.05, 4.69) is 5.32 Å². The molecule has 0 aromatic heterocycles. The Labute approximate surface area is 184 Å². The van der Waals surface area contributed by atoms with Crippen LogP contribution in [0, 0.1) is 0 Å². The van der Waals surface area contributed by atoms with Gasteiger partial charge >= 0.3 is 5.97 Å². The van der Waals surface area contributed by atoms with E-state index < -0.39 is 27.4 Å². The molecule has 1 amide bonds. The van der Waals surface area contributed by atoms with Crippen LogP contribution in [0.5, 0.6) is 5.75 Å². The highest BCUT2D eigenvalue weighted by Gasteiger charge is 2.42. The minimum Gasteiger partial charge on any atom is -0.495 e. The third kappa shape index (κ3) is 4.72. The summed E-state index contributed by atoms with van der Waals surface area (Å²) >= 11 is 0. The molecular weight excluding hydrogens is 420 g/mol. The summed E-state index contributed by atoms with van der Waals surface area (Å²) in [6.07, 6.45) is 6.19. The zero-order chi connectivity index (χ0) is 22.6. The van der Waals surface area contributed by atoms with Crippen LogP contribution >= 0.6 is 0 Å². The molecule has 172 valence electrons. The van der Waals surface area contributed by atoms with Gasteiger partial charge in [0, 0.05) is 18.2 Å². The van der Waals surface area contributed by atoms with Gasteiger partial charge in [-0.3, -0.25) is 4.79 Å². The van der Waals surface area contributed by atoms with Crippen LogP contribution in [0.3, 0.4) is 0 Å². The maximum Gasteiger partial charge on any atom is 0.331 e. The number of nitrogens with one attached hydrogen (secondary N) is 1. The van der Waals surface area contributed by atoms with Crippen molar-refractivity contribution in [2.75, 3.05) is 20.8 Å². The molecule has 9 heteroatoms. The predicted molar refractivity (Wildman–Crippen MR) is 115 cm³/mol. The first kappa shape index (κ1) is 23.5.